The molecule has 1 saturated heterocycles. The van der Waals surface area contributed by atoms with Crippen molar-refractivity contribution in [3.8, 4) is 11.5 Å². The molecule has 2 aromatic carbocycles. The molecule has 4 rings (SSSR count). The minimum absolute atomic E-state index is 0.0418. The second-order valence-electron chi connectivity index (χ2n) is 7.79. The molecule has 0 aliphatic carbocycles. The smallest absolute Gasteiger partial charge is 0.416 e. The number of nitrogens with zero attached hydrogens (tertiary/aromatic N) is 3. The third kappa shape index (κ3) is 4.45. The number of hydrogen-bond donors (Lipinski definition) is 1. The van der Waals surface area contributed by atoms with Crippen molar-refractivity contribution in [3.63, 3.8) is 0 Å². The van der Waals surface area contributed by atoms with E-state index >= 15 is 0 Å². The van der Waals surface area contributed by atoms with E-state index in [4.69, 9.17) is 4.74 Å². The van der Waals surface area contributed by atoms with E-state index in [1.54, 1.807) is 17.0 Å². The van der Waals surface area contributed by atoms with Crippen molar-refractivity contribution in [2.24, 2.45) is 4.99 Å². The van der Waals surface area contributed by atoms with Crippen molar-refractivity contribution in [3.05, 3.63) is 53.6 Å². The molecule has 1 fully saturated rings. The number of carbonyl (C=O) groups excluding carboxylic acids is 1. The number of urea groups is 1. The molecule has 2 amide bonds. The number of rotatable bonds is 1. The van der Waals surface area contributed by atoms with E-state index in [9.17, 15) is 18.0 Å². The number of carbonyl (C=O) groups is 1. The van der Waals surface area contributed by atoms with Gasteiger partial charge in [0.1, 0.15) is 17.3 Å². The average Bonchev–Trinajstić information content (AvgIpc) is 2.89. The second-order valence-corrected chi connectivity index (χ2v) is 7.79. The lowest BCUT2D eigenvalue weighted by atomic mass is 10.1. The van der Waals surface area contributed by atoms with Gasteiger partial charge in [0, 0.05) is 32.2 Å². The first-order valence-electron chi connectivity index (χ1n) is 10.1. The van der Waals surface area contributed by atoms with Crippen molar-refractivity contribution >= 4 is 17.6 Å². The standard InChI is InChI=1S/C22H23F3N4O2/c1-14(2)26-21(30)29-11-9-28(10-12-29)20-16-5-3-4-6-18(16)31-19-8-7-15(22(23,24)25)13-17(19)27-20/h3-8,13-14H,9-12H2,1-2H3,(H,26,30). The van der Waals surface area contributed by atoms with E-state index in [1.165, 1.54) is 6.07 Å². The fourth-order valence-electron chi connectivity index (χ4n) is 3.60. The van der Waals surface area contributed by atoms with Crippen LogP contribution in [0.1, 0.15) is 25.0 Å². The van der Waals surface area contributed by atoms with Gasteiger partial charge in [0.15, 0.2) is 5.75 Å². The highest BCUT2D eigenvalue weighted by molar-refractivity contribution is 6.03. The van der Waals surface area contributed by atoms with Crippen molar-refractivity contribution in [1.82, 2.24) is 15.1 Å². The maximum absolute atomic E-state index is 13.2. The van der Waals surface area contributed by atoms with Crippen LogP contribution in [0.5, 0.6) is 11.5 Å². The number of halogens is 3. The largest absolute Gasteiger partial charge is 0.454 e. The van der Waals surface area contributed by atoms with E-state index in [1.807, 2.05) is 30.9 Å². The third-order valence-electron chi connectivity index (χ3n) is 5.14. The number of aliphatic imine (C=N–C) groups is 1. The minimum Gasteiger partial charge on any atom is -0.454 e. The molecule has 0 bridgehead atoms. The maximum atomic E-state index is 13.2. The molecule has 2 aliphatic rings. The van der Waals surface area contributed by atoms with Gasteiger partial charge in [-0.25, -0.2) is 9.79 Å². The Morgan fingerprint density at radius 1 is 1.06 bits per heavy atom. The Hall–Kier alpha value is -3.23. The number of para-hydroxylation sites is 1. The first-order chi connectivity index (χ1) is 14.7. The van der Waals surface area contributed by atoms with Gasteiger partial charge < -0.3 is 19.9 Å². The molecule has 0 atom stereocenters. The molecule has 0 unspecified atom stereocenters. The number of hydrogen-bond acceptors (Lipinski definition) is 4. The highest BCUT2D eigenvalue weighted by Crippen LogP contribution is 2.41. The Morgan fingerprint density at radius 2 is 1.77 bits per heavy atom. The number of fused-ring (bicyclic) bond motifs is 2. The Balaban J connectivity index is 1.66. The summed E-state index contributed by atoms with van der Waals surface area (Å²) in [6.45, 7) is 5.78. The quantitative estimate of drug-likeness (QED) is 0.715. The molecule has 0 radical (unpaired) electrons. The van der Waals surface area contributed by atoms with E-state index in [0.717, 1.165) is 12.1 Å². The zero-order valence-electron chi connectivity index (χ0n) is 17.2. The van der Waals surface area contributed by atoms with Crippen molar-refractivity contribution in [2.75, 3.05) is 26.2 Å². The monoisotopic (exact) mass is 432 g/mol. The first-order valence-corrected chi connectivity index (χ1v) is 10.1. The van der Waals surface area contributed by atoms with Crippen LogP contribution in [0.2, 0.25) is 0 Å². The predicted molar refractivity (Wildman–Crippen MR) is 111 cm³/mol. The average molecular weight is 432 g/mol. The predicted octanol–water partition coefficient (Wildman–Crippen LogP) is 4.63. The van der Waals surface area contributed by atoms with Gasteiger partial charge in [-0.15, -0.1) is 0 Å². The van der Waals surface area contributed by atoms with E-state index < -0.39 is 11.7 Å². The number of benzene rings is 2. The summed E-state index contributed by atoms with van der Waals surface area (Å²) in [6.07, 6.45) is -4.47. The second kappa shape index (κ2) is 8.13. The molecule has 0 spiro atoms. The molecule has 1 N–H and O–H groups in total. The molecule has 2 heterocycles. The van der Waals surface area contributed by atoms with Crippen LogP contribution in [0.4, 0.5) is 23.7 Å². The molecule has 2 aliphatic heterocycles. The van der Waals surface area contributed by atoms with Gasteiger partial charge >= 0.3 is 12.2 Å². The van der Waals surface area contributed by atoms with E-state index in [2.05, 4.69) is 10.3 Å². The number of nitrogens with one attached hydrogen (secondary N) is 1. The Bertz CT molecular complexity index is 1010. The normalized spacial score (nSPS) is 16.1. The van der Waals surface area contributed by atoms with Gasteiger partial charge in [0.2, 0.25) is 0 Å². The van der Waals surface area contributed by atoms with Gasteiger partial charge in [0.25, 0.3) is 0 Å². The number of piperazine rings is 1. The molecule has 31 heavy (non-hydrogen) atoms. The van der Waals surface area contributed by atoms with Crippen LogP contribution in [-0.2, 0) is 6.18 Å². The Kier molecular flexibility index (Phi) is 5.51. The van der Waals surface area contributed by atoms with Gasteiger partial charge in [0.05, 0.1) is 11.1 Å². The minimum atomic E-state index is -4.47. The van der Waals surface area contributed by atoms with Gasteiger partial charge in [-0.3, -0.25) is 0 Å². The van der Waals surface area contributed by atoms with E-state index in [0.29, 0.717) is 43.3 Å². The lowest BCUT2D eigenvalue weighted by Gasteiger charge is -2.36. The van der Waals surface area contributed by atoms with E-state index in [-0.39, 0.29) is 23.5 Å². The Labute approximate surface area is 178 Å². The summed E-state index contributed by atoms with van der Waals surface area (Å²) in [6, 6.07) is 10.5. The van der Waals surface area contributed by atoms with Crippen molar-refractivity contribution < 1.29 is 22.7 Å². The summed E-state index contributed by atoms with van der Waals surface area (Å²) in [5, 5.41) is 2.88. The summed E-state index contributed by atoms with van der Waals surface area (Å²) in [5.74, 6) is 1.34. The fraction of sp³-hybridized carbons (Fsp3) is 0.364. The zero-order valence-corrected chi connectivity index (χ0v) is 17.2. The number of amidine groups is 1. The first kappa shape index (κ1) is 21.0. The summed E-state index contributed by atoms with van der Waals surface area (Å²) in [7, 11) is 0. The number of alkyl halides is 3. The molecule has 9 heteroatoms. The third-order valence-corrected chi connectivity index (χ3v) is 5.14. The van der Waals surface area contributed by atoms with Crippen molar-refractivity contribution in [1.29, 1.82) is 0 Å². The zero-order chi connectivity index (χ0) is 22.2. The molecule has 0 aromatic heterocycles. The van der Waals surface area contributed by atoms with Crippen LogP contribution < -0.4 is 10.1 Å². The maximum Gasteiger partial charge on any atom is 0.416 e. The molecular weight excluding hydrogens is 409 g/mol. The van der Waals surface area contributed by atoms with Gasteiger partial charge in [-0.05, 0) is 44.2 Å². The van der Waals surface area contributed by atoms with Crippen LogP contribution in [0.25, 0.3) is 0 Å². The van der Waals surface area contributed by atoms with Crippen LogP contribution in [0.15, 0.2) is 47.5 Å². The summed E-state index contributed by atoms with van der Waals surface area (Å²) >= 11 is 0. The van der Waals surface area contributed by atoms with Crippen LogP contribution in [-0.4, -0.2) is 53.9 Å². The highest BCUT2D eigenvalue weighted by atomic mass is 19.4. The number of ether oxygens (including phenoxy) is 1. The summed E-state index contributed by atoms with van der Waals surface area (Å²) in [4.78, 5) is 20.6. The SMILES string of the molecule is CC(C)NC(=O)N1CCN(C2=Nc3cc(C(F)(F)F)ccc3Oc3ccccc32)CC1. The molecule has 6 nitrogen and oxygen atoms in total. The van der Waals surface area contributed by atoms with Gasteiger partial charge in [-0.1, -0.05) is 12.1 Å². The summed E-state index contributed by atoms with van der Waals surface area (Å²) in [5.41, 5.74) is 0.0485. The summed E-state index contributed by atoms with van der Waals surface area (Å²) < 4.78 is 45.6. The van der Waals surface area contributed by atoms with Crippen molar-refractivity contribution in [2.45, 2.75) is 26.1 Å². The number of amides is 2. The van der Waals surface area contributed by atoms with Crippen LogP contribution in [0.3, 0.4) is 0 Å². The van der Waals surface area contributed by atoms with Crippen LogP contribution in [0, 0.1) is 0 Å². The molecule has 0 saturated carbocycles. The lowest BCUT2D eigenvalue weighted by Crippen LogP contribution is -2.54. The Morgan fingerprint density at radius 3 is 2.45 bits per heavy atom. The topological polar surface area (TPSA) is 57.2 Å². The molecular formula is C22H23F3N4O2. The fourth-order valence-corrected chi connectivity index (χ4v) is 3.60. The molecule has 2 aromatic rings. The lowest BCUT2D eigenvalue weighted by molar-refractivity contribution is -0.137. The van der Waals surface area contributed by atoms with Gasteiger partial charge in [-0.2, -0.15) is 13.2 Å². The molecule has 164 valence electrons. The highest BCUT2D eigenvalue weighted by Gasteiger charge is 2.33. The van der Waals surface area contributed by atoms with Crippen LogP contribution >= 0.6 is 0 Å².